The maximum Gasteiger partial charge on any atom is 0.422 e. The maximum atomic E-state index is 12.7. The predicted octanol–water partition coefficient (Wildman–Crippen LogP) is 2.46. The number of carbonyl (C=O) groups is 1. The van der Waals surface area contributed by atoms with Crippen molar-refractivity contribution in [1.82, 2.24) is 15.1 Å². The molecule has 0 spiro atoms. The average molecular weight is 370 g/mol. The van der Waals surface area contributed by atoms with Crippen LogP contribution in [0.25, 0.3) is 0 Å². The van der Waals surface area contributed by atoms with Crippen molar-refractivity contribution in [3.8, 4) is 5.75 Å². The van der Waals surface area contributed by atoms with Crippen molar-refractivity contribution in [3.63, 3.8) is 0 Å². The molecule has 1 aliphatic rings. The quantitative estimate of drug-likeness (QED) is 0.658. The molecule has 26 heavy (non-hydrogen) atoms. The molecule has 1 aromatic heterocycles. The molecule has 1 aliphatic heterocycles. The Morgan fingerprint density at radius 3 is 2.88 bits per heavy atom. The van der Waals surface area contributed by atoms with Crippen LogP contribution in [0.3, 0.4) is 0 Å². The lowest BCUT2D eigenvalue weighted by Crippen LogP contribution is -2.36. The van der Waals surface area contributed by atoms with E-state index in [-0.39, 0.29) is 17.9 Å². The van der Waals surface area contributed by atoms with Gasteiger partial charge in [-0.3, -0.25) is 20.0 Å². The summed E-state index contributed by atoms with van der Waals surface area (Å²) >= 11 is 0. The summed E-state index contributed by atoms with van der Waals surface area (Å²) in [7, 11) is 0. The zero-order valence-electron chi connectivity index (χ0n) is 13.2. The number of H-pyrrole nitrogens is 1. The largest absolute Gasteiger partial charge is 0.484 e. The van der Waals surface area contributed by atoms with Crippen LogP contribution in [0, 0.1) is 10.1 Å². The number of rotatable bonds is 4. The Morgan fingerprint density at radius 2 is 2.19 bits per heavy atom. The smallest absolute Gasteiger partial charge is 0.422 e. The fourth-order valence-electron chi connectivity index (χ4n) is 2.67. The first-order valence-electron chi connectivity index (χ1n) is 7.53. The van der Waals surface area contributed by atoms with Gasteiger partial charge in [-0.05, 0) is 12.1 Å². The van der Waals surface area contributed by atoms with Crippen LogP contribution in [0.5, 0.6) is 5.75 Å². The second kappa shape index (κ2) is 6.65. The van der Waals surface area contributed by atoms with E-state index in [1.165, 1.54) is 4.90 Å². The molecule has 11 heteroatoms. The summed E-state index contributed by atoms with van der Waals surface area (Å²) < 4.78 is 41.5. The van der Waals surface area contributed by atoms with Crippen molar-refractivity contribution in [2.75, 3.05) is 13.2 Å². The molecule has 1 N–H and O–H groups in total. The number of carbonyl (C=O) groups excluding carboxylic acids is 1. The van der Waals surface area contributed by atoms with Crippen LogP contribution in [0.2, 0.25) is 0 Å². The predicted molar refractivity (Wildman–Crippen MR) is 81.7 cm³/mol. The van der Waals surface area contributed by atoms with Crippen molar-refractivity contribution in [2.24, 2.45) is 0 Å². The second-order valence-corrected chi connectivity index (χ2v) is 5.69. The molecule has 138 valence electrons. The third-order valence-corrected chi connectivity index (χ3v) is 3.89. The van der Waals surface area contributed by atoms with Gasteiger partial charge in [0, 0.05) is 36.8 Å². The van der Waals surface area contributed by atoms with E-state index in [0.717, 1.165) is 29.5 Å². The van der Waals surface area contributed by atoms with E-state index >= 15 is 0 Å². The fourth-order valence-corrected chi connectivity index (χ4v) is 2.67. The molecule has 0 saturated heterocycles. The fraction of sp³-hybridized carbons (Fsp3) is 0.333. The maximum absolute atomic E-state index is 12.7. The van der Waals surface area contributed by atoms with Crippen LogP contribution >= 0.6 is 0 Å². The Morgan fingerprint density at radius 1 is 1.42 bits per heavy atom. The number of fused-ring (bicyclic) bond motifs is 1. The van der Waals surface area contributed by atoms with E-state index in [1.807, 2.05) is 0 Å². The first-order chi connectivity index (χ1) is 12.2. The summed E-state index contributed by atoms with van der Waals surface area (Å²) in [5, 5.41) is 17.9. The number of nitro groups is 1. The summed E-state index contributed by atoms with van der Waals surface area (Å²) in [4.78, 5) is 24.5. The Kier molecular flexibility index (Phi) is 4.53. The van der Waals surface area contributed by atoms with Crippen LogP contribution in [-0.4, -0.2) is 45.3 Å². The van der Waals surface area contributed by atoms with Crippen LogP contribution in [-0.2, 0) is 13.0 Å². The van der Waals surface area contributed by atoms with Crippen LogP contribution < -0.4 is 4.74 Å². The van der Waals surface area contributed by atoms with Gasteiger partial charge in [0.05, 0.1) is 11.1 Å². The molecule has 0 radical (unpaired) electrons. The highest BCUT2D eigenvalue weighted by molar-refractivity contribution is 5.98. The monoisotopic (exact) mass is 370 g/mol. The van der Waals surface area contributed by atoms with Crippen molar-refractivity contribution in [3.05, 3.63) is 51.3 Å². The number of aromatic amines is 1. The van der Waals surface area contributed by atoms with E-state index in [2.05, 4.69) is 14.9 Å². The first-order valence-corrected chi connectivity index (χ1v) is 7.53. The lowest BCUT2D eigenvalue weighted by molar-refractivity contribution is -0.385. The molecule has 0 saturated carbocycles. The molecular weight excluding hydrogens is 357 g/mol. The average Bonchev–Trinajstić information content (AvgIpc) is 3.06. The van der Waals surface area contributed by atoms with E-state index in [1.54, 1.807) is 6.20 Å². The van der Waals surface area contributed by atoms with E-state index in [4.69, 9.17) is 0 Å². The molecule has 0 bridgehead atoms. The topological polar surface area (TPSA) is 101 Å². The van der Waals surface area contributed by atoms with Gasteiger partial charge in [-0.1, -0.05) is 0 Å². The Balaban J connectivity index is 1.86. The van der Waals surface area contributed by atoms with Crippen LogP contribution in [0.15, 0.2) is 24.4 Å². The number of amides is 1. The van der Waals surface area contributed by atoms with E-state index in [0.29, 0.717) is 13.0 Å². The van der Waals surface area contributed by atoms with Crippen molar-refractivity contribution in [1.29, 1.82) is 0 Å². The highest BCUT2D eigenvalue weighted by Gasteiger charge is 2.31. The molecule has 3 rings (SSSR count). The van der Waals surface area contributed by atoms with Gasteiger partial charge in [-0.2, -0.15) is 18.3 Å². The summed E-state index contributed by atoms with van der Waals surface area (Å²) in [5.74, 6) is -0.918. The molecule has 0 atom stereocenters. The number of halogens is 3. The third-order valence-electron chi connectivity index (χ3n) is 3.89. The van der Waals surface area contributed by atoms with Crippen molar-refractivity contribution >= 4 is 11.6 Å². The normalized spacial score (nSPS) is 14.0. The van der Waals surface area contributed by atoms with Crippen LogP contribution in [0.1, 0.15) is 21.6 Å². The molecule has 0 aliphatic carbocycles. The molecule has 1 aromatic carbocycles. The van der Waals surface area contributed by atoms with Gasteiger partial charge in [-0.25, -0.2) is 0 Å². The number of nitrogens with zero attached hydrogens (tertiary/aromatic N) is 3. The zero-order valence-corrected chi connectivity index (χ0v) is 13.2. The third kappa shape index (κ3) is 3.76. The summed E-state index contributed by atoms with van der Waals surface area (Å²) in [6.07, 6.45) is -2.50. The lowest BCUT2D eigenvalue weighted by Gasteiger charge is -2.26. The van der Waals surface area contributed by atoms with Gasteiger partial charge in [-0.15, -0.1) is 0 Å². The summed E-state index contributed by atoms with van der Waals surface area (Å²) in [5.41, 5.74) is 0.858. The molecule has 1 amide bonds. The molecule has 8 nitrogen and oxygen atoms in total. The molecule has 0 unspecified atom stereocenters. The molecule has 2 heterocycles. The number of nitrogens with one attached hydrogen (secondary N) is 1. The minimum Gasteiger partial charge on any atom is -0.484 e. The Bertz CT molecular complexity index is 850. The minimum absolute atomic E-state index is 0.204. The second-order valence-electron chi connectivity index (χ2n) is 5.69. The van der Waals surface area contributed by atoms with Gasteiger partial charge in [0.15, 0.2) is 6.61 Å². The molecular formula is C15H13F3N4O4. The number of benzene rings is 1. The number of hydrogen-bond acceptors (Lipinski definition) is 5. The lowest BCUT2D eigenvalue weighted by atomic mass is 10.1. The summed E-state index contributed by atoms with van der Waals surface area (Å²) in [6.45, 7) is -1.05. The van der Waals surface area contributed by atoms with Crippen molar-refractivity contribution in [2.45, 2.75) is 19.1 Å². The number of aromatic nitrogens is 2. The van der Waals surface area contributed by atoms with Gasteiger partial charge in [0.1, 0.15) is 11.3 Å². The SMILES string of the molecule is O=C(c1cc(OCC(F)(F)F)ccc1[N+](=O)[O-])N1CCc2[nH]ncc2C1. The number of nitro benzene ring substituents is 1. The number of ether oxygens (including phenoxy) is 1. The number of hydrogen-bond donors (Lipinski definition) is 1. The van der Waals surface area contributed by atoms with Crippen molar-refractivity contribution < 1.29 is 27.6 Å². The highest BCUT2D eigenvalue weighted by atomic mass is 19.4. The standard InChI is InChI=1S/C15H13F3N4O4/c16-15(17,18)8-26-10-1-2-13(22(24)25)11(5-10)14(23)21-4-3-12-9(7-21)6-19-20-12/h1-2,5-6H,3-4,7-8H2,(H,19,20). The molecule has 0 fully saturated rings. The van der Waals surface area contributed by atoms with Gasteiger partial charge >= 0.3 is 6.18 Å². The van der Waals surface area contributed by atoms with Gasteiger partial charge in [0.2, 0.25) is 0 Å². The minimum atomic E-state index is -4.56. The Hall–Kier alpha value is -3.11. The Labute approximate surface area is 144 Å². The number of alkyl halides is 3. The van der Waals surface area contributed by atoms with E-state index < -0.39 is 29.3 Å². The molecule has 2 aromatic rings. The van der Waals surface area contributed by atoms with Gasteiger partial charge in [0.25, 0.3) is 11.6 Å². The summed E-state index contributed by atoms with van der Waals surface area (Å²) in [6, 6.07) is 2.97. The highest BCUT2D eigenvalue weighted by Crippen LogP contribution is 2.28. The van der Waals surface area contributed by atoms with E-state index in [9.17, 15) is 28.1 Å². The van der Waals surface area contributed by atoms with Crippen LogP contribution in [0.4, 0.5) is 18.9 Å². The first kappa shape index (κ1) is 17.7. The van der Waals surface area contributed by atoms with Gasteiger partial charge < -0.3 is 9.64 Å². The zero-order chi connectivity index (χ0) is 18.9.